The molecule has 15 heavy (non-hydrogen) atoms. The van der Waals surface area contributed by atoms with E-state index in [0.29, 0.717) is 0 Å². The van der Waals surface area contributed by atoms with Crippen LogP contribution in [0.3, 0.4) is 0 Å². The number of aliphatic hydroxyl groups excluding tert-OH is 1. The largest absolute Gasteiger partial charge is 0.393 e. The predicted octanol–water partition coefficient (Wildman–Crippen LogP) is 1.30. The summed E-state index contributed by atoms with van der Waals surface area (Å²) in [5.41, 5.74) is -0.0629. The molecule has 0 saturated heterocycles. The Morgan fingerprint density at radius 3 is 2.87 bits per heavy atom. The van der Waals surface area contributed by atoms with Crippen LogP contribution in [0.15, 0.2) is 12.4 Å². The minimum Gasteiger partial charge on any atom is -0.393 e. The van der Waals surface area contributed by atoms with Crippen molar-refractivity contribution in [1.82, 2.24) is 15.3 Å². The van der Waals surface area contributed by atoms with Gasteiger partial charge < -0.3 is 15.4 Å². The van der Waals surface area contributed by atoms with Crippen molar-refractivity contribution in [2.75, 3.05) is 6.54 Å². The standard InChI is InChI=1S/C11H21N3O/c1-4-11(3,9(2)15)8-12-7-10-13-5-6-14-10/h5-6,9,12,15H,4,7-8H2,1-3H3,(H,13,14). The lowest BCUT2D eigenvalue weighted by Gasteiger charge is -2.31. The Balaban J connectivity index is 2.35. The number of aliphatic hydroxyl groups is 1. The van der Waals surface area contributed by atoms with Gasteiger partial charge in [0.25, 0.3) is 0 Å². The van der Waals surface area contributed by atoms with Crippen molar-refractivity contribution < 1.29 is 5.11 Å². The molecule has 1 aromatic heterocycles. The van der Waals surface area contributed by atoms with Crippen LogP contribution in [-0.4, -0.2) is 27.7 Å². The first-order valence-electron chi connectivity index (χ1n) is 5.45. The van der Waals surface area contributed by atoms with Crippen LogP contribution < -0.4 is 5.32 Å². The Labute approximate surface area is 91.1 Å². The molecule has 4 nitrogen and oxygen atoms in total. The van der Waals surface area contributed by atoms with Gasteiger partial charge in [-0.05, 0) is 13.3 Å². The van der Waals surface area contributed by atoms with Gasteiger partial charge in [-0.1, -0.05) is 13.8 Å². The first kappa shape index (κ1) is 12.2. The number of aromatic amines is 1. The summed E-state index contributed by atoms with van der Waals surface area (Å²) in [4.78, 5) is 7.16. The summed E-state index contributed by atoms with van der Waals surface area (Å²) in [6.45, 7) is 7.54. The maximum absolute atomic E-state index is 9.67. The van der Waals surface area contributed by atoms with E-state index >= 15 is 0 Å². The highest BCUT2D eigenvalue weighted by Crippen LogP contribution is 2.24. The average molecular weight is 211 g/mol. The molecule has 2 unspecified atom stereocenters. The number of aromatic nitrogens is 2. The molecule has 86 valence electrons. The number of hydrogen-bond acceptors (Lipinski definition) is 3. The molecule has 0 bridgehead atoms. The first-order valence-corrected chi connectivity index (χ1v) is 5.45. The third kappa shape index (κ3) is 3.32. The summed E-state index contributed by atoms with van der Waals surface area (Å²) >= 11 is 0. The molecule has 1 aromatic rings. The van der Waals surface area contributed by atoms with Gasteiger partial charge in [0.2, 0.25) is 0 Å². The molecule has 0 radical (unpaired) electrons. The molecule has 0 aliphatic heterocycles. The summed E-state index contributed by atoms with van der Waals surface area (Å²) in [5.74, 6) is 0.930. The molecular weight excluding hydrogens is 190 g/mol. The number of H-pyrrole nitrogens is 1. The summed E-state index contributed by atoms with van der Waals surface area (Å²) in [7, 11) is 0. The van der Waals surface area contributed by atoms with Crippen molar-refractivity contribution in [3.8, 4) is 0 Å². The maximum Gasteiger partial charge on any atom is 0.120 e. The lowest BCUT2D eigenvalue weighted by atomic mass is 9.82. The van der Waals surface area contributed by atoms with Gasteiger partial charge in [-0.15, -0.1) is 0 Å². The normalized spacial score (nSPS) is 17.3. The second kappa shape index (κ2) is 5.28. The fraction of sp³-hybridized carbons (Fsp3) is 0.727. The maximum atomic E-state index is 9.67. The number of imidazole rings is 1. The third-order valence-electron chi connectivity index (χ3n) is 3.19. The second-order valence-corrected chi connectivity index (χ2v) is 4.32. The van der Waals surface area contributed by atoms with Crippen LogP contribution in [-0.2, 0) is 6.54 Å². The molecule has 3 N–H and O–H groups in total. The van der Waals surface area contributed by atoms with E-state index < -0.39 is 0 Å². The first-order chi connectivity index (χ1) is 7.08. The topological polar surface area (TPSA) is 60.9 Å². The molecule has 4 heteroatoms. The van der Waals surface area contributed by atoms with Gasteiger partial charge in [0.15, 0.2) is 0 Å². The van der Waals surface area contributed by atoms with Crippen molar-refractivity contribution in [1.29, 1.82) is 0 Å². The summed E-state index contributed by atoms with van der Waals surface area (Å²) in [6, 6.07) is 0. The van der Waals surface area contributed by atoms with Gasteiger partial charge in [-0.25, -0.2) is 4.98 Å². The van der Waals surface area contributed by atoms with Crippen molar-refractivity contribution in [3.05, 3.63) is 18.2 Å². The molecule has 0 aromatic carbocycles. The van der Waals surface area contributed by atoms with E-state index in [0.717, 1.165) is 25.3 Å². The Morgan fingerprint density at radius 2 is 2.40 bits per heavy atom. The number of nitrogens with zero attached hydrogens (tertiary/aromatic N) is 1. The highest BCUT2D eigenvalue weighted by atomic mass is 16.3. The monoisotopic (exact) mass is 211 g/mol. The average Bonchev–Trinajstić information content (AvgIpc) is 2.70. The minimum atomic E-state index is -0.299. The van der Waals surface area contributed by atoms with Gasteiger partial charge in [0.1, 0.15) is 5.82 Å². The van der Waals surface area contributed by atoms with E-state index in [4.69, 9.17) is 0 Å². The van der Waals surface area contributed by atoms with Crippen LogP contribution in [0.1, 0.15) is 33.0 Å². The zero-order chi connectivity index (χ0) is 11.3. The molecular formula is C11H21N3O. The molecule has 0 aliphatic carbocycles. The van der Waals surface area contributed by atoms with Gasteiger partial charge >= 0.3 is 0 Å². The lowest BCUT2D eigenvalue weighted by molar-refractivity contribution is 0.0488. The van der Waals surface area contributed by atoms with E-state index in [1.807, 2.05) is 13.1 Å². The number of hydrogen-bond donors (Lipinski definition) is 3. The Bertz CT molecular complexity index is 271. The lowest BCUT2D eigenvalue weighted by Crippen LogP contribution is -2.39. The molecule has 1 heterocycles. The third-order valence-corrected chi connectivity index (χ3v) is 3.19. The highest BCUT2D eigenvalue weighted by molar-refractivity contribution is 4.87. The Kier molecular flexibility index (Phi) is 4.29. The SMILES string of the molecule is CCC(C)(CNCc1ncc[nH]1)C(C)O. The minimum absolute atomic E-state index is 0.0629. The quantitative estimate of drug-likeness (QED) is 0.664. The molecule has 0 saturated carbocycles. The number of rotatable bonds is 6. The fourth-order valence-electron chi connectivity index (χ4n) is 1.43. The Morgan fingerprint density at radius 1 is 1.67 bits per heavy atom. The van der Waals surface area contributed by atoms with E-state index in [-0.39, 0.29) is 11.5 Å². The Hall–Kier alpha value is -0.870. The van der Waals surface area contributed by atoms with Crippen LogP contribution in [0.25, 0.3) is 0 Å². The van der Waals surface area contributed by atoms with Crippen LogP contribution in [0.5, 0.6) is 0 Å². The van der Waals surface area contributed by atoms with Crippen LogP contribution in [0.4, 0.5) is 0 Å². The van der Waals surface area contributed by atoms with E-state index in [1.54, 1.807) is 6.20 Å². The van der Waals surface area contributed by atoms with E-state index in [2.05, 4.69) is 29.1 Å². The zero-order valence-corrected chi connectivity index (χ0v) is 9.75. The summed E-state index contributed by atoms with van der Waals surface area (Å²) in [6.07, 6.45) is 4.21. The zero-order valence-electron chi connectivity index (χ0n) is 9.75. The molecule has 0 fully saturated rings. The molecule has 0 aliphatic rings. The van der Waals surface area contributed by atoms with E-state index in [9.17, 15) is 5.11 Å². The van der Waals surface area contributed by atoms with Crippen molar-refractivity contribution in [2.24, 2.45) is 5.41 Å². The predicted molar refractivity (Wildman–Crippen MR) is 60.4 cm³/mol. The molecule has 0 amide bonds. The molecule has 0 spiro atoms. The van der Waals surface area contributed by atoms with Gasteiger partial charge in [-0.2, -0.15) is 0 Å². The highest BCUT2D eigenvalue weighted by Gasteiger charge is 2.27. The smallest absolute Gasteiger partial charge is 0.120 e. The molecule has 1 rings (SSSR count). The van der Waals surface area contributed by atoms with E-state index in [1.165, 1.54) is 0 Å². The van der Waals surface area contributed by atoms with Crippen LogP contribution in [0, 0.1) is 5.41 Å². The summed E-state index contributed by atoms with van der Waals surface area (Å²) in [5, 5.41) is 13.0. The van der Waals surface area contributed by atoms with Gasteiger partial charge in [0.05, 0.1) is 12.6 Å². The number of nitrogens with one attached hydrogen (secondary N) is 2. The van der Waals surface area contributed by atoms with Gasteiger partial charge in [0, 0.05) is 24.4 Å². The fourth-order valence-corrected chi connectivity index (χ4v) is 1.43. The van der Waals surface area contributed by atoms with Gasteiger partial charge in [-0.3, -0.25) is 0 Å². The second-order valence-electron chi connectivity index (χ2n) is 4.32. The van der Waals surface area contributed by atoms with Crippen LogP contribution in [0.2, 0.25) is 0 Å². The van der Waals surface area contributed by atoms with Crippen molar-refractivity contribution >= 4 is 0 Å². The summed E-state index contributed by atoms with van der Waals surface area (Å²) < 4.78 is 0. The van der Waals surface area contributed by atoms with Crippen LogP contribution >= 0.6 is 0 Å². The molecule has 2 atom stereocenters. The van der Waals surface area contributed by atoms with Crippen molar-refractivity contribution in [2.45, 2.75) is 39.8 Å². The van der Waals surface area contributed by atoms with Crippen molar-refractivity contribution in [3.63, 3.8) is 0 Å².